The van der Waals surface area contributed by atoms with E-state index in [1.807, 2.05) is 38.1 Å². The highest BCUT2D eigenvalue weighted by Gasteiger charge is 2.27. The predicted octanol–water partition coefficient (Wildman–Crippen LogP) is 2.74. The number of ether oxygens (including phenoxy) is 2. The Morgan fingerprint density at radius 3 is 2.08 bits per heavy atom. The third-order valence-corrected chi connectivity index (χ3v) is 3.73. The van der Waals surface area contributed by atoms with E-state index < -0.39 is 12.1 Å². The molecule has 0 aliphatic heterocycles. The third kappa shape index (κ3) is 8.25. The normalized spacial score (nSPS) is 13.2. The zero-order valence-corrected chi connectivity index (χ0v) is 16.2. The average Bonchev–Trinajstić information content (AvgIpc) is 2.51. The lowest BCUT2D eigenvalue weighted by Crippen LogP contribution is -2.39. The highest BCUT2D eigenvalue weighted by molar-refractivity contribution is 5.76. The van der Waals surface area contributed by atoms with Crippen molar-refractivity contribution in [3.05, 3.63) is 35.4 Å². The Bertz CT molecular complexity index is 593. The smallest absolute Gasteiger partial charge is 0.302 e. The lowest BCUT2D eigenvalue weighted by molar-refractivity contribution is -0.149. The van der Waals surface area contributed by atoms with Gasteiger partial charge in [0.05, 0.1) is 12.6 Å². The molecule has 0 saturated heterocycles. The van der Waals surface area contributed by atoms with Crippen molar-refractivity contribution in [1.29, 1.82) is 0 Å². The number of rotatable bonds is 10. The fourth-order valence-corrected chi connectivity index (χ4v) is 2.71. The first-order chi connectivity index (χ1) is 12.2. The number of ketones is 1. The Labute approximate surface area is 155 Å². The van der Waals surface area contributed by atoms with Gasteiger partial charge in [0.25, 0.3) is 0 Å². The van der Waals surface area contributed by atoms with Crippen molar-refractivity contribution < 1.29 is 23.9 Å². The molecule has 0 aliphatic rings. The number of benzene rings is 1. The maximum absolute atomic E-state index is 11.6. The molecule has 1 N–H and O–H groups in total. The van der Waals surface area contributed by atoms with Crippen molar-refractivity contribution in [2.45, 2.75) is 65.6 Å². The number of nitrogens with one attached hydrogen (secondary N) is 1. The fourth-order valence-electron chi connectivity index (χ4n) is 2.71. The van der Waals surface area contributed by atoms with Gasteiger partial charge in [-0.25, -0.2) is 0 Å². The van der Waals surface area contributed by atoms with E-state index in [4.69, 9.17) is 9.47 Å². The van der Waals surface area contributed by atoms with E-state index in [9.17, 15) is 14.4 Å². The second-order valence-corrected chi connectivity index (χ2v) is 6.68. The first-order valence-corrected chi connectivity index (χ1v) is 8.84. The molecule has 2 atom stereocenters. The summed E-state index contributed by atoms with van der Waals surface area (Å²) in [5.74, 6) is -0.745. The Morgan fingerprint density at radius 1 is 1.00 bits per heavy atom. The van der Waals surface area contributed by atoms with Crippen molar-refractivity contribution in [2.75, 3.05) is 6.61 Å². The summed E-state index contributed by atoms with van der Waals surface area (Å²) in [6.07, 6.45) is 0.209. The minimum atomic E-state index is -0.570. The molecule has 0 amide bonds. The fraction of sp³-hybridized carbons (Fsp3) is 0.550. The SMILES string of the molecule is CC(=O)CC(OC(C)=O)C(NC(C)C)c1ccc(CCOC(C)=O)cc1. The van der Waals surface area contributed by atoms with Crippen LogP contribution in [0.5, 0.6) is 0 Å². The van der Waals surface area contributed by atoms with Crippen LogP contribution in [0.1, 0.15) is 58.2 Å². The molecule has 0 aromatic heterocycles. The predicted molar refractivity (Wildman–Crippen MR) is 98.6 cm³/mol. The van der Waals surface area contributed by atoms with Crippen LogP contribution < -0.4 is 5.32 Å². The van der Waals surface area contributed by atoms with Gasteiger partial charge in [-0.1, -0.05) is 38.1 Å². The maximum atomic E-state index is 11.6. The van der Waals surface area contributed by atoms with Crippen molar-refractivity contribution in [3.63, 3.8) is 0 Å². The van der Waals surface area contributed by atoms with Gasteiger partial charge in [0.2, 0.25) is 0 Å². The van der Waals surface area contributed by atoms with E-state index in [1.165, 1.54) is 20.8 Å². The van der Waals surface area contributed by atoms with E-state index >= 15 is 0 Å². The van der Waals surface area contributed by atoms with Crippen LogP contribution in [-0.2, 0) is 30.3 Å². The molecule has 2 unspecified atom stereocenters. The molecule has 0 radical (unpaired) electrons. The molecular formula is C20H29NO5. The number of hydrogen-bond donors (Lipinski definition) is 1. The van der Waals surface area contributed by atoms with E-state index in [0.717, 1.165) is 11.1 Å². The van der Waals surface area contributed by atoms with Crippen LogP contribution in [0, 0.1) is 0 Å². The zero-order valence-electron chi connectivity index (χ0n) is 16.2. The van der Waals surface area contributed by atoms with Gasteiger partial charge in [-0.05, 0) is 18.1 Å². The van der Waals surface area contributed by atoms with Gasteiger partial charge in [0.15, 0.2) is 0 Å². The van der Waals surface area contributed by atoms with Gasteiger partial charge in [0, 0.05) is 32.7 Å². The summed E-state index contributed by atoms with van der Waals surface area (Å²) in [5.41, 5.74) is 1.97. The summed E-state index contributed by atoms with van der Waals surface area (Å²) >= 11 is 0. The summed E-state index contributed by atoms with van der Waals surface area (Å²) in [4.78, 5) is 33.9. The first-order valence-electron chi connectivity index (χ1n) is 8.84. The second kappa shape index (κ2) is 10.7. The Hall–Kier alpha value is -2.21. The van der Waals surface area contributed by atoms with E-state index in [0.29, 0.717) is 13.0 Å². The quantitative estimate of drug-likeness (QED) is 0.644. The molecular weight excluding hydrogens is 334 g/mol. The van der Waals surface area contributed by atoms with Gasteiger partial charge in [-0.15, -0.1) is 0 Å². The van der Waals surface area contributed by atoms with Crippen molar-refractivity contribution in [1.82, 2.24) is 5.32 Å². The van der Waals surface area contributed by atoms with Crippen LogP contribution >= 0.6 is 0 Å². The van der Waals surface area contributed by atoms with Crippen molar-refractivity contribution in [2.24, 2.45) is 0 Å². The number of Topliss-reactive ketones (excluding diaryl/α,β-unsaturated/α-hetero) is 1. The molecule has 6 heteroatoms. The van der Waals surface area contributed by atoms with Gasteiger partial charge in [0.1, 0.15) is 11.9 Å². The van der Waals surface area contributed by atoms with Crippen LogP contribution in [0.3, 0.4) is 0 Å². The van der Waals surface area contributed by atoms with Gasteiger partial charge in [-0.2, -0.15) is 0 Å². The Kier molecular flexibility index (Phi) is 8.99. The summed E-state index contributed by atoms with van der Waals surface area (Å²) in [6, 6.07) is 7.65. The van der Waals surface area contributed by atoms with Gasteiger partial charge in [-0.3, -0.25) is 14.4 Å². The van der Waals surface area contributed by atoms with Gasteiger partial charge < -0.3 is 14.8 Å². The summed E-state index contributed by atoms with van der Waals surface area (Å²) in [6.45, 7) is 8.55. The van der Waals surface area contributed by atoms with Crippen LogP contribution in [0.2, 0.25) is 0 Å². The molecule has 6 nitrogen and oxygen atoms in total. The molecule has 0 spiro atoms. The number of carbonyl (C=O) groups excluding carboxylic acids is 3. The largest absolute Gasteiger partial charge is 0.466 e. The molecule has 1 aromatic rings. The number of carbonyl (C=O) groups is 3. The first kappa shape index (κ1) is 21.8. The highest BCUT2D eigenvalue weighted by Crippen LogP contribution is 2.24. The topological polar surface area (TPSA) is 81.7 Å². The average molecular weight is 363 g/mol. The minimum absolute atomic E-state index is 0.0372. The van der Waals surface area contributed by atoms with Gasteiger partial charge >= 0.3 is 11.9 Å². The van der Waals surface area contributed by atoms with Crippen LogP contribution in [0.15, 0.2) is 24.3 Å². The molecule has 144 valence electrons. The maximum Gasteiger partial charge on any atom is 0.302 e. The minimum Gasteiger partial charge on any atom is -0.466 e. The van der Waals surface area contributed by atoms with Crippen LogP contribution in [-0.4, -0.2) is 36.5 Å². The molecule has 1 rings (SSSR count). The lowest BCUT2D eigenvalue weighted by Gasteiger charge is -2.29. The third-order valence-electron chi connectivity index (χ3n) is 3.73. The van der Waals surface area contributed by atoms with E-state index in [2.05, 4.69) is 5.32 Å². The molecule has 0 bridgehead atoms. The second-order valence-electron chi connectivity index (χ2n) is 6.68. The molecule has 0 saturated carbocycles. The Morgan fingerprint density at radius 2 is 1.62 bits per heavy atom. The molecule has 1 aromatic carbocycles. The van der Waals surface area contributed by atoms with E-state index in [-0.39, 0.29) is 30.3 Å². The monoisotopic (exact) mass is 363 g/mol. The Balaban J connectivity index is 2.97. The van der Waals surface area contributed by atoms with Crippen molar-refractivity contribution in [3.8, 4) is 0 Å². The number of hydrogen-bond acceptors (Lipinski definition) is 6. The summed E-state index contributed by atoms with van der Waals surface area (Å²) < 4.78 is 10.4. The standard InChI is InChI=1S/C20H29NO5/c1-13(2)21-20(19(12-14(3)22)26-16(5)24)18-8-6-17(7-9-18)10-11-25-15(4)23/h6-9,13,19-21H,10-12H2,1-5H3. The number of esters is 2. The van der Waals surface area contributed by atoms with E-state index in [1.54, 1.807) is 0 Å². The molecule has 0 aliphatic carbocycles. The van der Waals surface area contributed by atoms with Crippen molar-refractivity contribution >= 4 is 17.7 Å². The zero-order chi connectivity index (χ0) is 19.7. The lowest BCUT2D eigenvalue weighted by atomic mass is 9.95. The summed E-state index contributed by atoms with van der Waals surface area (Å²) in [7, 11) is 0. The molecule has 0 heterocycles. The van der Waals surface area contributed by atoms with Crippen LogP contribution in [0.4, 0.5) is 0 Å². The van der Waals surface area contributed by atoms with Crippen LogP contribution in [0.25, 0.3) is 0 Å². The summed E-state index contributed by atoms with van der Waals surface area (Å²) in [5, 5.41) is 3.39. The molecule has 26 heavy (non-hydrogen) atoms. The highest BCUT2D eigenvalue weighted by atomic mass is 16.5. The molecule has 0 fully saturated rings.